The van der Waals surface area contributed by atoms with E-state index < -0.39 is 35.7 Å². The third-order valence-electron chi connectivity index (χ3n) is 3.92. The van der Waals surface area contributed by atoms with E-state index >= 15 is 0 Å². The lowest BCUT2D eigenvalue weighted by molar-refractivity contribution is -0.142. The number of carbonyl (C=O) groups excluding carboxylic acids is 2. The van der Waals surface area contributed by atoms with Crippen molar-refractivity contribution in [2.45, 2.75) is 31.8 Å². The van der Waals surface area contributed by atoms with E-state index in [0.717, 1.165) is 0 Å². The summed E-state index contributed by atoms with van der Waals surface area (Å²) in [6, 6.07) is 6.57. The zero-order chi connectivity index (χ0) is 20.7. The molecule has 0 radical (unpaired) electrons. The van der Waals surface area contributed by atoms with Gasteiger partial charge in [-0.2, -0.15) is 0 Å². The van der Waals surface area contributed by atoms with Gasteiger partial charge in [-0.15, -0.1) is 0 Å². The van der Waals surface area contributed by atoms with Crippen LogP contribution in [0.2, 0.25) is 5.15 Å². The second kappa shape index (κ2) is 9.80. The summed E-state index contributed by atoms with van der Waals surface area (Å²) in [7, 11) is 0. The minimum Gasteiger partial charge on any atom is -0.480 e. The molecule has 1 aromatic carbocycles. The van der Waals surface area contributed by atoms with E-state index in [1.165, 1.54) is 37.4 Å². The highest BCUT2D eigenvalue weighted by molar-refractivity contribution is 6.29. The molecule has 9 heteroatoms. The number of hydrogen-bond acceptors (Lipinski definition) is 4. The summed E-state index contributed by atoms with van der Waals surface area (Å²) in [5.74, 6) is -3.00. The Kier molecular flexibility index (Phi) is 7.45. The van der Waals surface area contributed by atoms with Crippen molar-refractivity contribution in [1.29, 1.82) is 0 Å². The fourth-order valence-corrected chi connectivity index (χ4v) is 2.69. The van der Waals surface area contributed by atoms with Crippen LogP contribution in [-0.2, 0) is 27.2 Å². The molecule has 0 saturated carbocycles. The Bertz CT molecular complexity index is 861. The molecule has 0 saturated heterocycles. The zero-order valence-electron chi connectivity index (χ0n) is 15.0. The summed E-state index contributed by atoms with van der Waals surface area (Å²) in [5.41, 5.74) is 0.785. The smallest absolute Gasteiger partial charge is 0.326 e. The molecule has 0 unspecified atom stereocenters. The van der Waals surface area contributed by atoms with Gasteiger partial charge >= 0.3 is 5.97 Å². The number of pyridine rings is 1. The lowest BCUT2D eigenvalue weighted by Crippen LogP contribution is -2.52. The predicted molar refractivity (Wildman–Crippen MR) is 100 cm³/mol. The molecule has 0 aliphatic carbocycles. The van der Waals surface area contributed by atoms with Gasteiger partial charge in [0.1, 0.15) is 23.1 Å². The summed E-state index contributed by atoms with van der Waals surface area (Å²) >= 11 is 5.71. The maximum atomic E-state index is 13.9. The fraction of sp³-hybridized carbons (Fsp3) is 0.263. The van der Waals surface area contributed by atoms with Crippen LogP contribution in [0.5, 0.6) is 0 Å². The molecule has 0 spiro atoms. The van der Waals surface area contributed by atoms with E-state index in [2.05, 4.69) is 15.6 Å². The fourth-order valence-electron chi connectivity index (χ4n) is 2.57. The van der Waals surface area contributed by atoms with E-state index in [1.807, 2.05) is 0 Å². The first-order valence-electron chi connectivity index (χ1n) is 8.40. The van der Waals surface area contributed by atoms with E-state index in [-0.39, 0.29) is 23.6 Å². The van der Waals surface area contributed by atoms with Gasteiger partial charge in [0.15, 0.2) is 0 Å². The van der Waals surface area contributed by atoms with Crippen molar-refractivity contribution in [2.24, 2.45) is 0 Å². The molecule has 2 amide bonds. The van der Waals surface area contributed by atoms with Gasteiger partial charge < -0.3 is 15.7 Å². The molecule has 0 fully saturated rings. The highest BCUT2D eigenvalue weighted by Crippen LogP contribution is 2.11. The van der Waals surface area contributed by atoms with Crippen LogP contribution in [-0.4, -0.2) is 40.0 Å². The lowest BCUT2D eigenvalue weighted by Gasteiger charge is -2.21. The first-order valence-corrected chi connectivity index (χ1v) is 8.78. The van der Waals surface area contributed by atoms with Crippen LogP contribution in [0.4, 0.5) is 4.39 Å². The average molecular weight is 408 g/mol. The minimum atomic E-state index is -1.26. The Morgan fingerprint density at radius 3 is 2.39 bits per heavy atom. The van der Waals surface area contributed by atoms with Crippen LogP contribution in [0.25, 0.3) is 0 Å². The van der Waals surface area contributed by atoms with Gasteiger partial charge in [0.05, 0.1) is 0 Å². The summed E-state index contributed by atoms with van der Waals surface area (Å²) in [6.07, 6.45) is 1.26. The number of rotatable bonds is 8. The average Bonchev–Trinajstić information content (AvgIpc) is 2.63. The van der Waals surface area contributed by atoms with Crippen LogP contribution < -0.4 is 10.6 Å². The first kappa shape index (κ1) is 21.3. The van der Waals surface area contributed by atoms with Crippen LogP contribution in [0, 0.1) is 5.82 Å². The third kappa shape index (κ3) is 6.31. The number of benzene rings is 1. The molecule has 2 aromatic rings. The SMILES string of the molecule is CC(=O)N[C@H](Cc1ccccc1F)C(=O)N[C@H](Cc1ccc(Cl)nc1)C(=O)O. The molecular formula is C19H19ClFN3O4. The maximum absolute atomic E-state index is 13.9. The number of amides is 2. The number of aromatic nitrogens is 1. The summed E-state index contributed by atoms with van der Waals surface area (Å²) in [6.45, 7) is 1.22. The monoisotopic (exact) mass is 407 g/mol. The number of hydrogen-bond donors (Lipinski definition) is 3. The molecule has 0 aliphatic heterocycles. The predicted octanol–water partition coefficient (Wildman–Crippen LogP) is 1.73. The quantitative estimate of drug-likeness (QED) is 0.577. The molecule has 2 atom stereocenters. The van der Waals surface area contributed by atoms with Crippen molar-refractivity contribution >= 4 is 29.4 Å². The van der Waals surface area contributed by atoms with Gasteiger partial charge in [-0.1, -0.05) is 35.9 Å². The molecular weight excluding hydrogens is 389 g/mol. The number of halogens is 2. The summed E-state index contributed by atoms with van der Waals surface area (Å²) in [4.78, 5) is 39.5. The van der Waals surface area contributed by atoms with Crippen molar-refractivity contribution in [1.82, 2.24) is 15.6 Å². The lowest BCUT2D eigenvalue weighted by atomic mass is 10.0. The topological polar surface area (TPSA) is 108 Å². The molecule has 1 heterocycles. The van der Waals surface area contributed by atoms with Gasteiger partial charge in [-0.05, 0) is 23.3 Å². The maximum Gasteiger partial charge on any atom is 0.326 e. The van der Waals surface area contributed by atoms with E-state index in [1.54, 1.807) is 12.1 Å². The Hall–Kier alpha value is -3.00. The van der Waals surface area contributed by atoms with Crippen molar-refractivity contribution in [2.75, 3.05) is 0 Å². The summed E-state index contributed by atoms with van der Waals surface area (Å²) in [5, 5.41) is 14.5. The van der Waals surface area contributed by atoms with Crippen LogP contribution in [0.1, 0.15) is 18.1 Å². The van der Waals surface area contributed by atoms with Crippen molar-refractivity contribution in [3.05, 3.63) is 64.7 Å². The van der Waals surface area contributed by atoms with Gasteiger partial charge in [-0.3, -0.25) is 9.59 Å². The Labute approximate surface area is 165 Å². The molecule has 148 valence electrons. The molecule has 0 aliphatic rings. The number of carboxylic acid groups (broad SMARTS) is 1. The van der Waals surface area contributed by atoms with Crippen molar-refractivity contribution in [3.8, 4) is 0 Å². The van der Waals surface area contributed by atoms with Crippen molar-refractivity contribution in [3.63, 3.8) is 0 Å². The minimum absolute atomic E-state index is 0.0300. The molecule has 7 nitrogen and oxygen atoms in total. The van der Waals surface area contributed by atoms with Gasteiger partial charge in [-0.25, -0.2) is 14.2 Å². The first-order chi connectivity index (χ1) is 13.3. The standard InChI is InChI=1S/C19H19ClFN3O4/c1-11(25)23-15(9-13-4-2-3-5-14(13)21)18(26)24-16(19(27)28)8-12-6-7-17(20)22-10-12/h2-7,10,15-16H,8-9H2,1H3,(H,23,25)(H,24,26)(H,27,28)/t15-,16-/m1/s1. The molecule has 3 N–H and O–H groups in total. The highest BCUT2D eigenvalue weighted by Gasteiger charge is 2.27. The highest BCUT2D eigenvalue weighted by atomic mass is 35.5. The third-order valence-corrected chi connectivity index (χ3v) is 4.14. The molecule has 0 bridgehead atoms. The van der Waals surface area contributed by atoms with Gasteiger partial charge in [0.25, 0.3) is 0 Å². The Balaban J connectivity index is 2.14. The number of nitrogens with zero attached hydrogens (tertiary/aromatic N) is 1. The Morgan fingerprint density at radius 2 is 1.82 bits per heavy atom. The normalized spacial score (nSPS) is 12.7. The second-order valence-electron chi connectivity index (χ2n) is 6.14. The van der Waals surface area contributed by atoms with Crippen LogP contribution in [0.3, 0.4) is 0 Å². The molecule has 28 heavy (non-hydrogen) atoms. The Morgan fingerprint density at radius 1 is 1.11 bits per heavy atom. The number of aliphatic carboxylic acids is 1. The summed E-state index contributed by atoms with van der Waals surface area (Å²) < 4.78 is 13.9. The largest absolute Gasteiger partial charge is 0.480 e. The van der Waals surface area contributed by atoms with Crippen LogP contribution in [0.15, 0.2) is 42.6 Å². The van der Waals surface area contributed by atoms with Gasteiger partial charge in [0, 0.05) is 26.0 Å². The molecule has 1 aromatic heterocycles. The van der Waals surface area contributed by atoms with E-state index in [4.69, 9.17) is 11.6 Å². The zero-order valence-corrected chi connectivity index (χ0v) is 15.7. The number of carbonyl (C=O) groups is 3. The molecule has 2 rings (SSSR count). The van der Waals surface area contributed by atoms with Gasteiger partial charge in [0.2, 0.25) is 11.8 Å². The van der Waals surface area contributed by atoms with E-state index in [0.29, 0.717) is 5.56 Å². The number of carboxylic acids is 1. The second-order valence-corrected chi connectivity index (χ2v) is 6.53. The van der Waals surface area contributed by atoms with Crippen LogP contribution >= 0.6 is 11.6 Å². The van der Waals surface area contributed by atoms with E-state index in [9.17, 15) is 23.9 Å². The number of nitrogens with one attached hydrogen (secondary N) is 2. The van der Waals surface area contributed by atoms with Crippen molar-refractivity contribution < 1.29 is 23.9 Å².